The number of aromatic nitrogens is 2. The summed E-state index contributed by atoms with van der Waals surface area (Å²) in [6, 6.07) is 4.73. The van der Waals surface area contributed by atoms with Gasteiger partial charge < -0.3 is 9.88 Å². The molecule has 0 fully saturated rings. The van der Waals surface area contributed by atoms with Crippen molar-refractivity contribution >= 4 is 11.6 Å². The van der Waals surface area contributed by atoms with Crippen LogP contribution >= 0.6 is 11.6 Å². The van der Waals surface area contributed by atoms with Gasteiger partial charge in [-0.1, -0.05) is 17.7 Å². The largest absolute Gasteiger partial charge is 0.329 e. The van der Waals surface area contributed by atoms with Crippen LogP contribution in [0.15, 0.2) is 30.6 Å². The van der Waals surface area contributed by atoms with Crippen molar-refractivity contribution in [3.63, 3.8) is 0 Å². The molecule has 0 aliphatic rings. The molecule has 0 unspecified atom stereocenters. The van der Waals surface area contributed by atoms with Gasteiger partial charge in [-0.3, -0.25) is 0 Å². The lowest BCUT2D eigenvalue weighted by Crippen LogP contribution is -2.36. The Bertz CT molecular complexity index is 567. The Labute approximate surface area is 123 Å². The van der Waals surface area contributed by atoms with E-state index in [0.717, 1.165) is 5.82 Å². The van der Waals surface area contributed by atoms with Crippen molar-refractivity contribution in [3.05, 3.63) is 52.8 Å². The zero-order valence-electron chi connectivity index (χ0n) is 12.0. The maximum absolute atomic E-state index is 13.8. The molecule has 0 amide bonds. The summed E-state index contributed by atoms with van der Waals surface area (Å²) in [5, 5.41) is 3.81. The van der Waals surface area contributed by atoms with Gasteiger partial charge in [0.2, 0.25) is 0 Å². The topological polar surface area (TPSA) is 29.9 Å². The lowest BCUT2D eigenvalue weighted by atomic mass is 10.1. The maximum Gasteiger partial charge on any atom is 0.129 e. The fourth-order valence-corrected chi connectivity index (χ4v) is 2.07. The third-order valence-corrected chi connectivity index (χ3v) is 3.32. The molecule has 0 bridgehead atoms. The fraction of sp³-hybridized carbons (Fsp3) is 0.400. The minimum atomic E-state index is -0.291. The molecule has 3 nitrogen and oxygen atoms in total. The smallest absolute Gasteiger partial charge is 0.129 e. The van der Waals surface area contributed by atoms with E-state index in [0.29, 0.717) is 23.7 Å². The average Bonchev–Trinajstić information content (AvgIpc) is 2.78. The van der Waals surface area contributed by atoms with Crippen LogP contribution < -0.4 is 5.32 Å². The molecular weight excluding hydrogens is 277 g/mol. The quantitative estimate of drug-likeness (QED) is 0.934. The molecule has 1 aromatic carbocycles. The van der Waals surface area contributed by atoms with Crippen molar-refractivity contribution in [1.82, 2.24) is 14.9 Å². The molecular formula is C15H19ClFN3. The molecule has 5 heteroatoms. The Morgan fingerprint density at radius 3 is 2.75 bits per heavy atom. The van der Waals surface area contributed by atoms with E-state index in [1.807, 2.05) is 10.8 Å². The van der Waals surface area contributed by atoms with Gasteiger partial charge in [0.05, 0.1) is 13.1 Å². The van der Waals surface area contributed by atoms with E-state index in [2.05, 4.69) is 31.1 Å². The van der Waals surface area contributed by atoms with E-state index in [-0.39, 0.29) is 11.4 Å². The Hall–Kier alpha value is -1.39. The zero-order chi connectivity index (χ0) is 14.8. The minimum absolute atomic E-state index is 0.00637. The van der Waals surface area contributed by atoms with E-state index in [9.17, 15) is 4.39 Å². The van der Waals surface area contributed by atoms with Crippen LogP contribution in [-0.2, 0) is 13.1 Å². The van der Waals surface area contributed by atoms with Crippen LogP contribution in [0.25, 0.3) is 0 Å². The van der Waals surface area contributed by atoms with E-state index in [1.165, 1.54) is 6.07 Å². The molecule has 0 aliphatic carbocycles. The summed E-state index contributed by atoms with van der Waals surface area (Å²) in [5.74, 6) is 0.570. The third-order valence-electron chi connectivity index (χ3n) is 2.97. The van der Waals surface area contributed by atoms with Gasteiger partial charge in [0.1, 0.15) is 11.6 Å². The Kier molecular flexibility index (Phi) is 4.45. The second-order valence-electron chi connectivity index (χ2n) is 5.78. The van der Waals surface area contributed by atoms with Crippen LogP contribution in [0.1, 0.15) is 32.2 Å². The molecule has 1 aromatic heterocycles. The lowest BCUT2D eigenvalue weighted by Gasteiger charge is -2.20. The maximum atomic E-state index is 13.8. The van der Waals surface area contributed by atoms with Gasteiger partial charge in [-0.2, -0.15) is 0 Å². The number of hydrogen-bond donors (Lipinski definition) is 1. The molecule has 108 valence electrons. The first-order valence-corrected chi connectivity index (χ1v) is 6.92. The molecule has 0 aliphatic heterocycles. The van der Waals surface area contributed by atoms with Gasteiger partial charge in [-0.25, -0.2) is 9.37 Å². The second kappa shape index (κ2) is 5.94. The molecule has 0 atom stereocenters. The predicted octanol–water partition coefficient (Wildman–Crippen LogP) is 3.61. The highest BCUT2D eigenvalue weighted by molar-refractivity contribution is 6.31. The Balaban J connectivity index is 2.17. The lowest BCUT2D eigenvalue weighted by molar-refractivity contribution is 0.412. The van der Waals surface area contributed by atoms with Gasteiger partial charge in [-0.05, 0) is 32.9 Å². The summed E-state index contributed by atoms with van der Waals surface area (Å²) in [7, 11) is 0. The van der Waals surface area contributed by atoms with Crippen molar-refractivity contribution in [3.8, 4) is 0 Å². The molecule has 0 saturated carbocycles. The van der Waals surface area contributed by atoms with Crippen LogP contribution in [0, 0.1) is 5.82 Å². The first-order valence-electron chi connectivity index (χ1n) is 6.55. The van der Waals surface area contributed by atoms with Gasteiger partial charge in [0.15, 0.2) is 0 Å². The summed E-state index contributed by atoms with van der Waals surface area (Å²) >= 11 is 6.06. The molecule has 2 aromatic rings. The third kappa shape index (κ3) is 3.81. The molecule has 0 saturated heterocycles. The number of rotatable bonds is 4. The highest BCUT2D eigenvalue weighted by Gasteiger charge is 2.13. The summed E-state index contributed by atoms with van der Waals surface area (Å²) in [4.78, 5) is 4.31. The van der Waals surface area contributed by atoms with Gasteiger partial charge in [0.25, 0.3) is 0 Å². The first-order chi connectivity index (χ1) is 9.37. The fourth-order valence-electron chi connectivity index (χ4n) is 1.85. The van der Waals surface area contributed by atoms with Crippen molar-refractivity contribution in [2.45, 2.75) is 39.4 Å². The van der Waals surface area contributed by atoms with Crippen LogP contribution in [0.4, 0.5) is 4.39 Å². The van der Waals surface area contributed by atoms with Crippen molar-refractivity contribution < 1.29 is 4.39 Å². The van der Waals surface area contributed by atoms with Crippen LogP contribution in [0.3, 0.4) is 0 Å². The molecule has 0 radical (unpaired) electrons. The van der Waals surface area contributed by atoms with E-state index >= 15 is 0 Å². The summed E-state index contributed by atoms with van der Waals surface area (Å²) in [6.07, 6.45) is 3.55. The number of halogens is 2. The molecule has 1 N–H and O–H groups in total. The number of nitrogens with zero attached hydrogens (tertiary/aromatic N) is 2. The average molecular weight is 296 g/mol. The first kappa shape index (κ1) is 15.0. The molecule has 1 heterocycles. The summed E-state index contributed by atoms with van der Waals surface area (Å²) in [6.45, 7) is 7.28. The van der Waals surface area contributed by atoms with Gasteiger partial charge >= 0.3 is 0 Å². The van der Waals surface area contributed by atoms with Crippen molar-refractivity contribution in [2.75, 3.05) is 0 Å². The molecule has 20 heavy (non-hydrogen) atoms. The summed E-state index contributed by atoms with van der Waals surface area (Å²) < 4.78 is 15.7. The number of nitrogens with one attached hydrogen (secondary N) is 1. The molecule has 0 spiro atoms. The minimum Gasteiger partial charge on any atom is -0.329 e. The van der Waals surface area contributed by atoms with Gasteiger partial charge in [-0.15, -0.1) is 0 Å². The van der Waals surface area contributed by atoms with Crippen LogP contribution in [-0.4, -0.2) is 15.1 Å². The number of benzene rings is 1. The van der Waals surface area contributed by atoms with Gasteiger partial charge in [0, 0.05) is 28.5 Å². The highest BCUT2D eigenvalue weighted by atomic mass is 35.5. The van der Waals surface area contributed by atoms with E-state index in [4.69, 9.17) is 11.6 Å². The van der Waals surface area contributed by atoms with Crippen molar-refractivity contribution in [1.29, 1.82) is 0 Å². The number of hydrogen-bond acceptors (Lipinski definition) is 2. The predicted molar refractivity (Wildman–Crippen MR) is 79.3 cm³/mol. The Morgan fingerprint density at radius 1 is 1.35 bits per heavy atom. The van der Waals surface area contributed by atoms with Crippen molar-refractivity contribution in [2.24, 2.45) is 0 Å². The standard InChI is InChI=1S/C15H19ClFN3/c1-15(2,3)19-9-14-18-7-8-20(14)10-11-12(16)5-4-6-13(11)17/h4-8,19H,9-10H2,1-3H3. The van der Waals surface area contributed by atoms with E-state index < -0.39 is 0 Å². The monoisotopic (exact) mass is 295 g/mol. The van der Waals surface area contributed by atoms with Crippen LogP contribution in [0.2, 0.25) is 5.02 Å². The molecule has 2 rings (SSSR count). The summed E-state index contributed by atoms with van der Waals surface area (Å²) in [5.41, 5.74) is 0.496. The van der Waals surface area contributed by atoms with E-state index in [1.54, 1.807) is 18.3 Å². The normalized spacial score (nSPS) is 11.8. The highest BCUT2D eigenvalue weighted by Crippen LogP contribution is 2.20. The number of imidazole rings is 1. The second-order valence-corrected chi connectivity index (χ2v) is 6.18. The zero-order valence-corrected chi connectivity index (χ0v) is 12.7. The van der Waals surface area contributed by atoms with Crippen LogP contribution in [0.5, 0.6) is 0 Å². The Morgan fingerprint density at radius 2 is 2.10 bits per heavy atom. The SMILES string of the molecule is CC(C)(C)NCc1nccn1Cc1c(F)cccc1Cl.